The smallest absolute Gasteiger partial charge is 0.151 e. The second-order valence-corrected chi connectivity index (χ2v) is 8.54. The van der Waals surface area contributed by atoms with Crippen LogP contribution in [0.2, 0.25) is 0 Å². The molecule has 4 atom stereocenters. The van der Waals surface area contributed by atoms with Gasteiger partial charge < -0.3 is 10.1 Å². The van der Waals surface area contributed by atoms with Crippen molar-refractivity contribution in [2.24, 2.45) is 11.3 Å². The molecule has 0 amide bonds. The maximum absolute atomic E-state index is 11.5. The number of hydrogen-bond acceptors (Lipinski definition) is 4. The lowest BCUT2D eigenvalue weighted by molar-refractivity contribution is -0.114. The molecule has 3 aliphatic rings. The Hall–Kier alpha value is -0.130. The standard InChI is InChI=1S/C12H21NO3S/c1-12(2)10(9-3-5-16-11(9)12)13-8-4-6-17(14,15)7-8/h8-11,13H,3-7H2,1-2H3. The molecular formula is C12H21NO3S. The van der Waals surface area contributed by atoms with E-state index in [1.807, 2.05) is 0 Å². The molecule has 0 radical (unpaired) electrons. The van der Waals surface area contributed by atoms with Crippen molar-refractivity contribution >= 4 is 9.84 Å². The van der Waals surface area contributed by atoms with Gasteiger partial charge in [0.2, 0.25) is 0 Å². The molecule has 0 aromatic rings. The van der Waals surface area contributed by atoms with E-state index >= 15 is 0 Å². The average molecular weight is 259 g/mol. The van der Waals surface area contributed by atoms with Crippen LogP contribution in [0.4, 0.5) is 0 Å². The number of fused-ring (bicyclic) bond motifs is 1. The van der Waals surface area contributed by atoms with E-state index < -0.39 is 9.84 Å². The van der Waals surface area contributed by atoms with Gasteiger partial charge in [-0.3, -0.25) is 0 Å². The van der Waals surface area contributed by atoms with Crippen molar-refractivity contribution in [3.05, 3.63) is 0 Å². The first-order valence-electron chi connectivity index (χ1n) is 6.48. The highest BCUT2D eigenvalue weighted by Crippen LogP contribution is 2.52. The summed E-state index contributed by atoms with van der Waals surface area (Å²) in [7, 11) is -2.78. The monoisotopic (exact) mass is 259 g/mol. The minimum atomic E-state index is -2.78. The lowest BCUT2D eigenvalue weighted by Crippen LogP contribution is -2.67. The van der Waals surface area contributed by atoms with Crippen LogP contribution >= 0.6 is 0 Å². The third-order valence-corrected chi connectivity index (χ3v) is 6.52. The Bertz CT molecular complexity index is 417. The minimum absolute atomic E-state index is 0.146. The highest BCUT2D eigenvalue weighted by Gasteiger charge is 2.59. The fourth-order valence-electron chi connectivity index (χ4n) is 3.84. The normalized spacial score (nSPS) is 46.5. The van der Waals surface area contributed by atoms with Crippen LogP contribution in [0, 0.1) is 11.3 Å². The molecule has 3 rings (SSSR count). The Morgan fingerprint density at radius 3 is 2.71 bits per heavy atom. The van der Waals surface area contributed by atoms with Crippen LogP contribution in [0.1, 0.15) is 26.7 Å². The molecule has 4 nitrogen and oxygen atoms in total. The Balaban J connectivity index is 1.66. The van der Waals surface area contributed by atoms with Gasteiger partial charge in [0.15, 0.2) is 9.84 Å². The molecule has 4 unspecified atom stereocenters. The maximum atomic E-state index is 11.5. The fourth-order valence-corrected chi connectivity index (χ4v) is 5.53. The maximum Gasteiger partial charge on any atom is 0.151 e. The van der Waals surface area contributed by atoms with Crippen LogP contribution in [-0.2, 0) is 14.6 Å². The quantitative estimate of drug-likeness (QED) is 0.788. The zero-order valence-electron chi connectivity index (χ0n) is 10.5. The van der Waals surface area contributed by atoms with E-state index in [-0.39, 0.29) is 11.5 Å². The number of hydrogen-bond donors (Lipinski definition) is 1. The summed E-state index contributed by atoms with van der Waals surface area (Å²) in [5.41, 5.74) is 0.146. The summed E-state index contributed by atoms with van der Waals surface area (Å²) >= 11 is 0. The van der Waals surface area contributed by atoms with Crippen molar-refractivity contribution in [1.29, 1.82) is 0 Å². The Labute approximate surface area is 103 Å². The molecule has 1 aliphatic carbocycles. The van der Waals surface area contributed by atoms with Crippen molar-refractivity contribution in [3.63, 3.8) is 0 Å². The van der Waals surface area contributed by atoms with Gasteiger partial charge in [0.1, 0.15) is 0 Å². The van der Waals surface area contributed by atoms with E-state index in [1.165, 1.54) is 0 Å². The Kier molecular flexibility index (Phi) is 2.58. The van der Waals surface area contributed by atoms with Crippen molar-refractivity contribution in [1.82, 2.24) is 5.32 Å². The first kappa shape index (κ1) is 11.9. The van der Waals surface area contributed by atoms with Gasteiger partial charge in [-0.05, 0) is 12.8 Å². The summed E-state index contributed by atoms with van der Waals surface area (Å²) in [5.74, 6) is 1.26. The zero-order chi connectivity index (χ0) is 12.3. The highest BCUT2D eigenvalue weighted by atomic mass is 32.2. The molecule has 2 aliphatic heterocycles. The van der Waals surface area contributed by atoms with Gasteiger partial charge in [0.25, 0.3) is 0 Å². The fraction of sp³-hybridized carbons (Fsp3) is 1.00. The second-order valence-electron chi connectivity index (χ2n) is 6.31. The first-order valence-corrected chi connectivity index (χ1v) is 8.30. The molecule has 0 aromatic heterocycles. The molecule has 1 N–H and O–H groups in total. The van der Waals surface area contributed by atoms with Gasteiger partial charge in [-0.1, -0.05) is 13.8 Å². The molecular weight excluding hydrogens is 238 g/mol. The Morgan fingerprint density at radius 2 is 2.06 bits per heavy atom. The van der Waals surface area contributed by atoms with Crippen molar-refractivity contribution in [2.45, 2.75) is 44.9 Å². The highest BCUT2D eigenvalue weighted by molar-refractivity contribution is 7.91. The number of nitrogens with one attached hydrogen (secondary N) is 1. The second kappa shape index (κ2) is 3.68. The summed E-state index contributed by atoms with van der Waals surface area (Å²) in [6, 6.07) is 0.583. The van der Waals surface area contributed by atoms with Crippen molar-refractivity contribution in [2.75, 3.05) is 18.1 Å². The third kappa shape index (κ3) is 1.83. The SMILES string of the molecule is CC1(C)C(NC2CCS(=O)(=O)C2)C2CCOC21. The summed E-state index contributed by atoms with van der Waals surface area (Å²) in [6.45, 7) is 5.31. The van der Waals surface area contributed by atoms with E-state index in [2.05, 4.69) is 19.2 Å². The van der Waals surface area contributed by atoms with Gasteiger partial charge in [-0.2, -0.15) is 0 Å². The van der Waals surface area contributed by atoms with Gasteiger partial charge >= 0.3 is 0 Å². The Morgan fingerprint density at radius 1 is 1.29 bits per heavy atom. The summed E-state index contributed by atoms with van der Waals surface area (Å²) in [4.78, 5) is 0. The minimum Gasteiger partial charge on any atom is -0.377 e. The van der Waals surface area contributed by atoms with Gasteiger partial charge in [-0.15, -0.1) is 0 Å². The van der Waals surface area contributed by atoms with Crippen LogP contribution in [0.5, 0.6) is 0 Å². The molecule has 17 heavy (non-hydrogen) atoms. The number of rotatable bonds is 2. The van der Waals surface area contributed by atoms with E-state index in [4.69, 9.17) is 4.74 Å². The summed E-state index contributed by atoms with van der Waals surface area (Å²) in [5, 5.41) is 3.57. The number of sulfone groups is 1. The lowest BCUT2D eigenvalue weighted by Gasteiger charge is -2.55. The lowest BCUT2D eigenvalue weighted by atomic mass is 9.57. The van der Waals surface area contributed by atoms with Gasteiger partial charge in [0.05, 0.1) is 17.6 Å². The van der Waals surface area contributed by atoms with E-state index in [1.54, 1.807) is 0 Å². The molecule has 1 saturated carbocycles. The van der Waals surface area contributed by atoms with Crippen LogP contribution in [-0.4, -0.2) is 44.7 Å². The number of ether oxygens (including phenoxy) is 1. The molecule has 0 bridgehead atoms. The third-order valence-electron chi connectivity index (χ3n) is 4.75. The largest absolute Gasteiger partial charge is 0.377 e. The topological polar surface area (TPSA) is 55.4 Å². The average Bonchev–Trinajstić information content (AvgIpc) is 2.79. The van der Waals surface area contributed by atoms with Gasteiger partial charge in [-0.25, -0.2) is 8.42 Å². The van der Waals surface area contributed by atoms with E-state index in [9.17, 15) is 8.42 Å². The predicted molar refractivity (Wildman–Crippen MR) is 65.6 cm³/mol. The van der Waals surface area contributed by atoms with Crippen LogP contribution in [0.3, 0.4) is 0 Å². The van der Waals surface area contributed by atoms with Crippen LogP contribution in [0.15, 0.2) is 0 Å². The first-order chi connectivity index (χ1) is 7.90. The van der Waals surface area contributed by atoms with Crippen LogP contribution in [0.25, 0.3) is 0 Å². The molecule has 0 aromatic carbocycles. The molecule has 3 fully saturated rings. The molecule has 0 spiro atoms. The van der Waals surface area contributed by atoms with E-state index in [0.717, 1.165) is 19.4 Å². The summed E-state index contributed by atoms with van der Waals surface area (Å²) < 4.78 is 28.7. The molecule has 2 saturated heterocycles. The predicted octanol–water partition coefficient (Wildman–Crippen LogP) is 0.577. The zero-order valence-corrected chi connectivity index (χ0v) is 11.3. The van der Waals surface area contributed by atoms with Crippen molar-refractivity contribution < 1.29 is 13.2 Å². The van der Waals surface area contributed by atoms with Gasteiger partial charge in [0, 0.05) is 30.0 Å². The molecule has 2 heterocycles. The van der Waals surface area contributed by atoms with Crippen molar-refractivity contribution in [3.8, 4) is 0 Å². The van der Waals surface area contributed by atoms with Crippen LogP contribution < -0.4 is 5.32 Å². The van der Waals surface area contributed by atoms with E-state index in [0.29, 0.717) is 29.6 Å². The molecule has 5 heteroatoms. The molecule has 98 valence electrons. The summed E-state index contributed by atoms with van der Waals surface area (Å²) in [6.07, 6.45) is 2.26.